The van der Waals surface area contributed by atoms with Gasteiger partial charge in [-0.25, -0.2) is 4.79 Å². The smallest absolute Gasteiger partial charge is 0.391 e. The Labute approximate surface area is 70.1 Å². The molecule has 0 saturated heterocycles. The molecule has 2 heterocycles. The molecule has 0 radical (unpaired) electrons. The molecule has 0 aliphatic heterocycles. The normalized spacial score (nSPS) is 11.4. The zero-order chi connectivity index (χ0) is 8.84. The number of aromatic amines is 1. The summed E-state index contributed by atoms with van der Waals surface area (Å²) in [7, 11) is 0. The van der Waals surface area contributed by atoms with Crippen LogP contribution in [0.1, 0.15) is 0 Å². The lowest BCUT2D eigenvalue weighted by atomic mass is 10.3. The lowest BCUT2D eigenvalue weighted by Crippen LogP contribution is -1.84. The molecule has 0 aliphatic rings. The van der Waals surface area contributed by atoms with Crippen LogP contribution in [-0.2, 0) is 0 Å². The molecule has 2 aromatic heterocycles. The summed E-state index contributed by atoms with van der Waals surface area (Å²) in [5.41, 5.74) is 1.92. The fraction of sp³-hybridized carbons (Fsp3) is 0. The van der Waals surface area contributed by atoms with Crippen molar-refractivity contribution in [1.29, 1.82) is 0 Å². The molecule has 0 saturated carbocycles. The molecule has 0 atom stereocenters. The fourth-order valence-corrected chi connectivity index (χ4v) is 1.24. The number of nitrogens with zero attached hydrogens (tertiary/aromatic N) is 2. The van der Waals surface area contributed by atoms with E-state index in [1.807, 2.05) is 0 Å². The molecule has 6 heteroatoms. The van der Waals surface area contributed by atoms with Crippen molar-refractivity contribution < 1.29 is 8.83 Å². The number of hydrogen-bond acceptors (Lipinski definition) is 5. The van der Waals surface area contributed by atoms with Gasteiger partial charge in [-0.3, -0.25) is 5.10 Å². The minimum atomic E-state index is -0.731. The summed E-state index contributed by atoms with van der Waals surface area (Å²) >= 11 is 0. The van der Waals surface area contributed by atoms with Gasteiger partial charge in [0.15, 0.2) is 11.1 Å². The summed E-state index contributed by atoms with van der Waals surface area (Å²) < 4.78 is 9.54. The van der Waals surface area contributed by atoms with Crippen LogP contribution in [0.4, 0.5) is 0 Å². The molecule has 0 fully saturated rings. The first-order valence-corrected chi connectivity index (χ1v) is 3.58. The Morgan fingerprint density at radius 1 is 1.31 bits per heavy atom. The van der Waals surface area contributed by atoms with E-state index in [1.165, 1.54) is 0 Å². The van der Waals surface area contributed by atoms with Crippen molar-refractivity contribution in [2.45, 2.75) is 0 Å². The molecule has 0 amide bonds. The van der Waals surface area contributed by atoms with Crippen LogP contribution in [0.25, 0.3) is 22.2 Å². The molecule has 6 nitrogen and oxygen atoms in total. The fourth-order valence-electron chi connectivity index (χ4n) is 1.24. The maximum atomic E-state index is 10.8. The maximum absolute atomic E-state index is 10.8. The topological polar surface area (TPSA) is 84.9 Å². The summed E-state index contributed by atoms with van der Waals surface area (Å²) in [6.07, 6.45) is 0. The van der Waals surface area contributed by atoms with Gasteiger partial charge in [0.1, 0.15) is 0 Å². The third kappa shape index (κ3) is 0.738. The van der Waals surface area contributed by atoms with Crippen molar-refractivity contribution in [3.8, 4) is 0 Å². The molecular formula is C7H3N3O3. The quantitative estimate of drug-likeness (QED) is 0.545. The number of nitrogens with one attached hydrogen (secondary N) is 1. The van der Waals surface area contributed by atoms with Gasteiger partial charge in [0.2, 0.25) is 5.58 Å². The second kappa shape index (κ2) is 1.98. The largest absolute Gasteiger partial charge is 0.519 e. The molecule has 0 unspecified atom stereocenters. The molecule has 3 rings (SSSR count). The second-order valence-corrected chi connectivity index (χ2v) is 2.55. The first-order chi connectivity index (χ1) is 6.34. The van der Waals surface area contributed by atoms with Crippen molar-refractivity contribution >= 4 is 22.2 Å². The van der Waals surface area contributed by atoms with Crippen LogP contribution in [0, 0.1) is 0 Å². The highest BCUT2D eigenvalue weighted by Crippen LogP contribution is 2.20. The van der Waals surface area contributed by atoms with Gasteiger partial charge in [0.25, 0.3) is 0 Å². The molecule has 1 aromatic carbocycles. The van der Waals surface area contributed by atoms with E-state index in [9.17, 15) is 4.79 Å². The van der Waals surface area contributed by atoms with Gasteiger partial charge in [0, 0.05) is 0 Å². The monoisotopic (exact) mass is 177 g/mol. The van der Waals surface area contributed by atoms with Crippen LogP contribution in [0.5, 0.6) is 0 Å². The number of benzene rings is 1. The van der Waals surface area contributed by atoms with E-state index < -0.39 is 5.82 Å². The lowest BCUT2D eigenvalue weighted by molar-refractivity contribution is 0.410. The van der Waals surface area contributed by atoms with Gasteiger partial charge >= 0.3 is 5.82 Å². The molecule has 64 valence electrons. The third-order valence-corrected chi connectivity index (χ3v) is 1.79. The molecule has 0 bridgehead atoms. The van der Waals surface area contributed by atoms with E-state index in [0.717, 1.165) is 0 Å². The predicted octanol–water partition coefficient (Wildman–Crippen LogP) is 0.657. The zero-order valence-corrected chi connectivity index (χ0v) is 6.27. The van der Waals surface area contributed by atoms with Crippen LogP contribution in [-0.4, -0.2) is 15.4 Å². The summed E-state index contributed by atoms with van der Waals surface area (Å²) in [6.45, 7) is 0. The molecule has 0 aliphatic carbocycles. The van der Waals surface area contributed by atoms with E-state index in [2.05, 4.69) is 15.4 Å². The Kier molecular flexibility index (Phi) is 0.974. The van der Waals surface area contributed by atoms with Gasteiger partial charge in [0.05, 0.1) is 5.52 Å². The predicted molar refractivity (Wildman–Crippen MR) is 42.2 cm³/mol. The molecule has 1 N–H and O–H groups in total. The van der Waals surface area contributed by atoms with Gasteiger partial charge in [-0.2, -0.15) is 0 Å². The zero-order valence-electron chi connectivity index (χ0n) is 6.27. The van der Waals surface area contributed by atoms with Crippen LogP contribution in [0.3, 0.4) is 0 Å². The van der Waals surface area contributed by atoms with E-state index in [4.69, 9.17) is 8.83 Å². The Hall–Kier alpha value is -2.11. The average molecular weight is 177 g/mol. The second-order valence-electron chi connectivity index (χ2n) is 2.55. The highest BCUT2D eigenvalue weighted by atomic mass is 16.6. The lowest BCUT2D eigenvalue weighted by Gasteiger charge is -1.83. The van der Waals surface area contributed by atoms with Crippen molar-refractivity contribution in [2.75, 3.05) is 0 Å². The highest BCUT2D eigenvalue weighted by Gasteiger charge is 2.10. The number of fused-ring (bicyclic) bond motifs is 3. The van der Waals surface area contributed by atoms with E-state index in [0.29, 0.717) is 22.2 Å². The summed E-state index contributed by atoms with van der Waals surface area (Å²) in [4.78, 5) is 10.8. The van der Waals surface area contributed by atoms with Crippen LogP contribution < -0.4 is 5.82 Å². The van der Waals surface area contributed by atoms with Crippen molar-refractivity contribution in [2.24, 2.45) is 0 Å². The first-order valence-electron chi connectivity index (χ1n) is 3.58. The Morgan fingerprint density at radius 3 is 3.15 bits per heavy atom. The first kappa shape index (κ1) is 6.41. The van der Waals surface area contributed by atoms with Crippen LogP contribution in [0.15, 0.2) is 25.8 Å². The minimum Gasteiger partial charge on any atom is -0.391 e. The van der Waals surface area contributed by atoms with Crippen molar-refractivity contribution in [3.05, 3.63) is 22.7 Å². The Bertz CT molecular complexity index is 633. The highest BCUT2D eigenvalue weighted by molar-refractivity contribution is 5.96. The van der Waals surface area contributed by atoms with E-state index >= 15 is 0 Å². The van der Waals surface area contributed by atoms with Gasteiger partial charge in [-0.1, -0.05) is 5.21 Å². The minimum absolute atomic E-state index is 0.330. The van der Waals surface area contributed by atoms with Crippen molar-refractivity contribution in [1.82, 2.24) is 15.4 Å². The Morgan fingerprint density at radius 2 is 2.23 bits per heavy atom. The molecule has 3 aromatic rings. The summed E-state index contributed by atoms with van der Waals surface area (Å²) in [6, 6.07) is 3.35. The SMILES string of the molecule is O=c1oc2ccc3[nH]nnc3c2o1. The molecular weight excluding hydrogens is 174 g/mol. The standard InChI is InChI=1S/C7H3N3O3/c11-7-12-4-2-1-3-5(6(4)13-7)9-10-8-3/h1-2H,(H,8,9,10). The molecule has 0 spiro atoms. The van der Waals surface area contributed by atoms with Crippen LogP contribution in [0.2, 0.25) is 0 Å². The number of aromatic nitrogens is 3. The number of rotatable bonds is 0. The summed E-state index contributed by atoms with van der Waals surface area (Å²) in [5, 5.41) is 10.0. The third-order valence-electron chi connectivity index (χ3n) is 1.79. The van der Waals surface area contributed by atoms with Gasteiger partial charge in [-0.15, -0.1) is 5.10 Å². The Balaban J connectivity index is 2.71. The van der Waals surface area contributed by atoms with Gasteiger partial charge in [-0.05, 0) is 12.1 Å². The van der Waals surface area contributed by atoms with E-state index in [-0.39, 0.29) is 0 Å². The summed E-state index contributed by atoms with van der Waals surface area (Å²) in [5.74, 6) is -0.731. The van der Waals surface area contributed by atoms with Crippen LogP contribution >= 0.6 is 0 Å². The number of hydrogen-bond donors (Lipinski definition) is 1. The van der Waals surface area contributed by atoms with E-state index in [1.54, 1.807) is 12.1 Å². The van der Waals surface area contributed by atoms with Gasteiger partial charge < -0.3 is 8.83 Å². The molecule has 13 heavy (non-hydrogen) atoms. The average Bonchev–Trinajstić information content (AvgIpc) is 2.65. The van der Waals surface area contributed by atoms with Crippen molar-refractivity contribution in [3.63, 3.8) is 0 Å². The maximum Gasteiger partial charge on any atom is 0.519 e. The number of H-pyrrole nitrogens is 1.